The fraction of sp³-hybridized carbons (Fsp3) is 0.533. The van der Waals surface area contributed by atoms with E-state index in [0.29, 0.717) is 11.7 Å². The summed E-state index contributed by atoms with van der Waals surface area (Å²) < 4.78 is 0. The first-order valence-corrected chi connectivity index (χ1v) is 7.22. The van der Waals surface area contributed by atoms with Gasteiger partial charge in [-0.1, -0.05) is 6.92 Å². The van der Waals surface area contributed by atoms with Crippen LogP contribution in [-0.4, -0.2) is 41.7 Å². The molecule has 1 aromatic rings. The fourth-order valence-corrected chi connectivity index (χ4v) is 2.70. The molecule has 5 heteroatoms. The summed E-state index contributed by atoms with van der Waals surface area (Å²) in [4.78, 5) is 13.4. The van der Waals surface area contributed by atoms with Gasteiger partial charge in [0, 0.05) is 30.5 Å². The first-order valence-electron chi connectivity index (χ1n) is 7.22. The van der Waals surface area contributed by atoms with Gasteiger partial charge in [-0.15, -0.1) is 0 Å². The molecule has 0 bridgehead atoms. The number of likely N-dealkylation sites (tertiary alicyclic amines) is 1. The van der Waals surface area contributed by atoms with E-state index in [1.807, 2.05) is 0 Å². The van der Waals surface area contributed by atoms with Crippen molar-refractivity contribution >= 4 is 17.3 Å². The highest BCUT2D eigenvalue weighted by Gasteiger charge is 2.18. The van der Waals surface area contributed by atoms with Crippen molar-refractivity contribution in [2.75, 3.05) is 30.7 Å². The predicted molar refractivity (Wildman–Crippen MR) is 81.2 cm³/mol. The Morgan fingerprint density at radius 1 is 1.45 bits per heavy atom. The Kier molecular flexibility index (Phi) is 4.84. The van der Waals surface area contributed by atoms with Crippen LogP contribution in [0.3, 0.4) is 0 Å². The van der Waals surface area contributed by atoms with Crippen molar-refractivity contribution < 1.29 is 9.90 Å². The second kappa shape index (κ2) is 6.61. The van der Waals surface area contributed by atoms with Gasteiger partial charge >= 0.3 is 5.97 Å². The van der Waals surface area contributed by atoms with E-state index in [-0.39, 0.29) is 5.56 Å². The molecule has 20 heavy (non-hydrogen) atoms. The molecule has 0 atom stereocenters. The van der Waals surface area contributed by atoms with Crippen LogP contribution in [0.25, 0.3) is 0 Å². The van der Waals surface area contributed by atoms with Gasteiger partial charge in [-0.05, 0) is 44.0 Å². The van der Waals surface area contributed by atoms with Gasteiger partial charge in [-0.2, -0.15) is 0 Å². The molecule has 0 amide bonds. The van der Waals surface area contributed by atoms with Crippen LogP contribution in [0, 0.1) is 0 Å². The van der Waals surface area contributed by atoms with Crippen LogP contribution >= 0.6 is 0 Å². The van der Waals surface area contributed by atoms with E-state index in [1.54, 1.807) is 18.2 Å². The number of aromatic carboxylic acids is 1. The van der Waals surface area contributed by atoms with Gasteiger partial charge in [0.25, 0.3) is 0 Å². The highest BCUT2D eigenvalue weighted by molar-refractivity contribution is 5.94. The lowest BCUT2D eigenvalue weighted by molar-refractivity contribution is 0.0698. The number of nitrogens with one attached hydrogen (secondary N) is 1. The van der Waals surface area contributed by atoms with Crippen molar-refractivity contribution in [1.82, 2.24) is 4.90 Å². The largest absolute Gasteiger partial charge is 0.478 e. The number of carbonyl (C=O) groups is 1. The first-order chi connectivity index (χ1) is 9.60. The lowest BCUT2D eigenvalue weighted by Gasteiger charge is -2.32. The molecule has 1 saturated heterocycles. The molecule has 1 aromatic carbocycles. The van der Waals surface area contributed by atoms with Gasteiger partial charge in [0.05, 0.1) is 5.56 Å². The van der Waals surface area contributed by atoms with Gasteiger partial charge in [0.1, 0.15) is 0 Å². The van der Waals surface area contributed by atoms with Gasteiger partial charge in [0.2, 0.25) is 0 Å². The minimum Gasteiger partial charge on any atom is -0.478 e. The normalized spacial score (nSPS) is 17.1. The number of nitrogen functional groups attached to an aromatic ring is 1. The maximum Gasteiger partial charge on any atom is 0.337 e. The topological polar surface area (TPSA) is 78.6 Å². The Labute approximate surface area is 119 Å². The summed E-state index contributed by atoms with van der Waals surface area (Å²) in [6, 6.07) is 5.50. The van der Waals surface area contributed by atoms with Crippen LogP contribution in [0.1, 0.15) is 36.5 Å². The summed E-state index contributed by atoms with van der Waals surface area (Å²) in [5, 5.41) is 12.4. The van der Waals surface area contributed by atoms with Gasteiger partial charge in [-0.3, -0.25) is 0 Å². The maximum atomic E-state index is 10.9. The summed E-state index contributed by atoms with van der Waals surface area (Å²) in [7, 11) is 0. The summed E-state index contributed by atoms with van der Waals surface area (Å²) in [5.41, 5.74) is 7.14. The van der Waals surface area contributed by atoms with E-state index in [4.69, 9.17) is 10.8 Å². The number of benzene rings is 1. The molecule has 4 N–H and O–H groups in total. The molecule has 0 spiro atoms. The number of nitrogens with zero attached hydrogens (tertiary/aromatic N) is 1. The highest BCUT2D eigenvalue weighted by Crippen LogP contribution is 2.21. The van der Waals surface area contributed by atoms with Crippen molar-refractivity contribution in [2.24, 2.45) is 0 Å². The Morgan fingerprint density at radius 3 is 2.70 bits per heavy atom. The highest BCUT2D eigenvalue weighted by atomic mass is 16.4. The average Bonchev–Trinajstić information content (AvgIpc) is 2.41. The molecule has 0 aromatic heterocycles. The zero-order valence-corrected chi connectivity index (χ0v) is 11.9. The Hall–Kier alpha value is -1.75. The molecule has 0 aliphatic carbocycles. The Balaban J connectivity index is 1.91. The van der Waals surface area contributed by atoms with Crippen molar-refractivity contribution in [1.29, 1.82) is 0 Å². The zero-order chi connectivity index (χ0) is 14.5. The van der Waals surface area contributed by atoms with Crippen LogP contribution < -0.4 is 11.1 Å². The SMILES string of the molecule is CCCN1CCC(Nc2ccc(C(=O)O)c(N)c2)CC1. The van der Waals surface area contributed by atoms with E-state index < -0.39 is 5.97 Å². The molecule has 1 fully saturated rings. The first kappa shape index (κ1) is 14.7. The standard InChI is InChI=1S/C15H23N3O2/c1-2-7-18-8-5-11(6-9-18)17-12-3-4-13(15(19)20)14(16)10-12/h3-4,10-11,17H,2,5-9,16H2,1H3,(H,19,20). The summed E-state index contributed by atoms with van der Waals surface area (Å²) in [5.74, 6) is -0.984. The molecule has 2 rings (SSSR count). The number of carboxylic acids is 1. The van der Waals surface area contributed by atoms with E-state index in [1.165, 1.54) is 13.0 Å². The maximum absolute atomic E-state index is 10.9. The van der Waals surface area contributed by atoms with Crippen LogP contribution in [0.4, 0.5) is 11.4 Å². The number of carboxylic acid groups (broad SMARTS) is 1. The molecule has 1 heterocycles. The third kappa shape index (κ3) is 3.63. The molecule has 0 radical (unpaired) electrons. The van der Waals surface area contributed by atoms with Gasteiger partial charge < -0.3 is 21.1 Å². The summed E-state index contributed by atoms with van der Waals surface area (Å²) in [6.45, 7) is 5.62. The molecular formula is C15H23N3O2. The average molecular weight is 277 g/mol. The molecule has 0 saturated carbocycles. The van der Waals surface area contributed by atoms with E-state index in [9.17, 15) is 4.79 Å². The Morgan fingerprint density at radius 2 is 2.15 bits per heavy atom. The minimum absolute atomic E-state index is 0.160. The summed E-state index contributed by atoms with van der Waals surface area (Å²) in [6.07, 6.45) is 3.42. The Bertz CT molecular complexity index is 468. The van der Waals surface area contributed by atoms with E-state index in [2.05, 4.69) is 17.1 Å². The number of nitrogens with two attached hydrogens (primary N) is 1. The minimum atomic E-state index is -0.984. The smallest absolute Gasteiger partial charge is 0.337 e. The van der Waals surface area contributed by atoms with Crippen molar-refractivity contribution in [3.05, 3.63) is 23.8 Å². The number of rotatable bonds is 5. The lowest BCUT2D eigenvalue weighted by Crippen LogP contribution is -2.39. The second-order valence-corrected chi connectivity index (χ2v) is 5.37. The molecule has 5 nitrogen and oxygen atoms in total. The van der Waals surface area contributed by atoms with Crippen LogP contribution in [0.15, 0.2) is 18.2 Å². The van der Waals surface area contributed by atoms with E-state index >= 15 is 0 Å². The number of piperidine rings is 1. The predicted octanol–water partition coefficient (Wildman–Crippen LogP) is 2.25. The van der Waals surface area contributed by atoms with Crippen LogP contribution in [0.2, 0.25) is 0 Å². The third-order valence-corrected chi connectivity index (χ3v) is 3.78. The molecule has 0 unspecified atom stereocenters. The third-order valence-electron chi connectivity index (χ3n) is 3.78. The van der Waals surface area contributed by atoms with Gasteiger partial charge in [-0.25, -0.2) is 4.79 Å². The second-order valence-electron chi connectivity index (χ2n) is 5.37. The van der Waals surface area contributed by atoms with Crippen molar-refractivity contribution in [3.8, 4) is 0 Å². The fourth-order valence-electron chi connectivity index (χ4n) is 2.70. The quantitative estimate of drug-likeness (QED) is 0.719. The van der Waals surface area contributed by atoms with Gasteiger partial charge in [0.15, 0.2) is 0 Å². The number of hydrogen-bond acceptors (Lipinski definition) is 4. The molecule has 110 valence electrons. The summed E-state index contributed by atoms with van der Waals surface area (Å²) >= 11 is 0. The van der Waals surface area contributed by atoms with Crippen molar-refractivity contribution in [2.45, 2.75) is 32.2 Å². The van der Waals surface area contributed by atoms with Crippen LogP contribution in [0.5, 0.6) is 0 Å². The van der Waals surface area contributed by atoms with Crippen molar-refractivity contribution in [3.63, 3.8) is 0 Å². The molecule has 1 aliphatic rings. The van der Waals surface area contributed by atoms with E-state index in [0.717, 1.165) is 31.6 Å². The molecular weight excluding hydrogens is 254 g/mol. The molecule has 1 aliphatic heterocycles. The van der Waals surface area contributed by atoms with Crippen LogP contribution in [-0.2, 0) is 0 Å². The number of anilines is 2. The number of hydrogen-bond donors (Lipinski definition) is 3. The lowest BCUT2D eigenvalue weighted by atomic mass is 10.0. The zero-order valence-electron chi connectivity index (χ0n) is 11.9. The monoisotopic (exact) mass is 277 g/mol.